The molecule has 0 radical (unpaired) electrons. The van der Waals surface area contributed by atoms with Crippen molar-refractivity contribution in [3.63, 3.8) is 0 Å². The van der Waals surface area contributed by atoms with Crippen LogP contribution in [-0.2, 0) is 19.8 Å². The third-order valence-electron chi connectivity index (χ3n) is 2.01. The van der Waals surface area contributed by atoms with Crippen LogP contribution in [0.25, 0.3) is 10.8 Å². The van der Waals surface area contributed by atoms with Crippen LogP contribution in [0.3, 0.4) is 0 Å². The monoisotopic (exact) mass is 404 g/mol. The molecule has 76 valence electrons. The molecule has 0 aliphatic heterocycles. The van der Waals surface area contributed by atoms with Gasteiger partial charge in [0.1, 0.15) is 0 Å². The van der Waals surface area contributed by atoms with Crippen molar-refractivity contribution >= 4 is 10.8 Å². The molecule has 0 heterocycles. The van der Waals surface area contributed by atoms with Crippen LogP contribution >= 0.6 is 0 Å². The minimum atomic E-state index is 0. The maximum atomic E-state index is 2.16. The van der Waals surface area contributed by atoms with Gasteiger partial charge in [-0.3, -0.25) is 0 Å². The molecular weight excluding hydrogens is 393 g/mol. The third-order valence-corrected chi connectivity index (χ3v) is 2.01. The molecule has 14 heavy (non-hydrogen) atoms. The first-order chi connectivity index (χ1) is 5.38. The van der Waals surface area contributed by atoms with E-state index in [1.807, 2.05) is 0 Å². The number of rotatable bonds is 0. The van der Waals surface area contributed by atoms with Gasteiger partial charge in [-0.15, -0.1) is 0 Å². The quantitative estimate of drug-likeness (QED) is 0.445. The maximum absolute atomic E-state index is 2.16. The van der Waals surface area contributed by atoms with Gasteiger partial charge in [0.2, 0.25) is 0 Å². The van der Waals surface area contributed by atoms with Crippen molar-refractivity contribution in [1.29, 1.82) is 0 Å². The van der Waals surface area contributed by atoms with Crippen LogP contribution in [0.15, 0.2) is 42.5 Å². The Hall–Kier alpha value is -0.0836. The van der Waals surface area contributed by atoms with Gasteiger partial charge in [0, 0.05) is 0 Å². The topological polar surface area (TPSA) is 0 Å². The molecule has 0 aliphatic carbocycles. The van der Waals surface area contributed by atoms with Crippen LogP contribution in [0.2, 0.25) is 0 Å². The molecule has 0 aliphatic rings. The van der Waals surface area contributed by atoms with Crippen molar-refractivity contribution in [2.75, 3.05) is 0 Å². The Morgan fingerprint density at radius 3 is 2.00 bits per heavy atom. The van der Waals surface area contributed by atoms with Crippen LogP contribution in [0, 0.1) is 6.92 Å². The largest absolute Gasteiger partial charge is 2.00 e. The summed E-state index contributed by atoms with van der Waals surface area (Å²) < 4.78 is 0. The van der Waals surface area contributed by atoms with E-state index in [9.17, 15) is 0 Å². The first-order valence-corrected chi connectivity index (χ1v) is 3.82. The Morgan fingerprint density at radius 2 is 1.36 bits per heavy atom. The molecule has 0 fully saturated rings. The van der Waals surface area contributed by atoms with E-state index in [4.69, 9.17) is 0 Å². The molecule has 2 rings (SSSR count). The summed E-state index contributed by atoms with van der Waals surface area (Å²) in [7, 11) is 0. The van der Waals surface area contributed by atoms with Gasteiger partial charge in [-0.2, -0.15) is 0 Å². The van der Waals surface area contributed by atoms with Gasteiger partial charge in [0.05, 0.1) is 0 Å². The summed E-state index contributed by atoms with van der Waals surface area (Å²) in [5.41, 5.74) is 1.35. The average molecular weight is 403 g/mol. The predicted molar refractivity (Wildman–Crippen MR) is 48.7 cm³/mol. The van der Waals surface area contributed by atoms with E-state index in [0.717, 1.165) is 0 Å². The Kier molecular flexibility index (Phi) is 8.46. The molecule has 0 unspecified atom stereocenters. The molecule has 3 heteroatoms. The molecule has 0 nitrogen and oxygen atoms in total. The second kappa shape index (κ2) is 7.24. The van der Waals surface area contributed by atoms with E-state index in [1.54, 1.807) is 0 Å². The van der Waals surface area contributed by atoms with Gasteiger partial charge in [-0.1, -0.05) is 42.5 Å². The Balaban J connectivity index is 0. The number of hydrogen-bond acceptors (Lipinski definition) is 0. The smallest absolute Gasteiger partial charge is 1.00 e. The van der Waals surface area contributed by atoms with Crippen molar-refractivity contribution < 1.29 is 44.6 Å². The molecule has 0 aromatic heterocycles. The van der Waals surface area contributed by atoms with E-state index in [-0.39, 0.29) is 44.6 Å². The molecule has 0 spiro atoms. The van der Waals surface area contributed by atoms with Crippen LogP contribution < -0.4 is 24.8 Å². The van der Waals surface area contributed by atoms with Gasteiger partial charge in [0.15, 0.2) is 0 Å². The molecule has 0 amide bonds. The number of hydrogen-bond donors (Lipinski definition) is 0. The van der Waals surface area contributed by atoms with Crippen molar-refractivity contribution in [3.05, 3.63) is 48.0 Å². The zero-order valence-corrected chi connectivity index (χ0v) is 11.7. The van der Waals surface area contributed by atoms with Gasteiger partial charge >= 0.3 is 19.8 Å². The van der Waals surface area contributed by atoms with E-state index in [0.29, 0.717) is 0 Å². The fourth-order valence-electron chi connectivity index (χ4n) is 1.39. The van der Waals surface area contributed by atoms with Crippen molar-refractivity contribution in [2.24, 2.45) is 0 Å². The predicted octanol–water partition coefficient (Wildman–Crippen LogP) is -2.85. The summed E-state index contributed by atoms with van der Waals surface area (Å²) in [6.07, 6.45) is 0. The maximum Gasteiger partial charge on any atom is 2.00 e. The van der Waals surface area contributed by atoms with Crippen LogP contribution in [0.5, 0.6) is 0 Å². The molecule has 0 N–H and O–H groups in total. The summed E-state index contributed by atoms with van der Waals surface area (Å²) in [5.74, 6) is 0. The molecule has 0 bridgehead atoms. The Labute approximate surface area is 110 Å². The van der Waals surface area contributed by atoms with Crippen molar-refractivity contribution in [3.8, 4) is 0 Å². The first kappa shape index (κ1) is 16.4. The zero-order valence-electron chi connectivity index (χ0n) is 7.65. The van der Waals surface area contributed by atoms with Gasteiger partial charge < -0.3 is 24.8 Å². The minimum absolute atomic E-state index is 0. The van der Waals surface area contributed by atoms with Crippen LogP contribution in [0.1, 0.15) is 5.56 Å². The van der Waals surface area contributed by atoms with Gasteiger partial charge in [-0.25, -0.2) is 0 Å². The summed E-state index contributed by atoms with van der Waals surface area (Å²) in [6.45, 7) is 2.14. The Bertz CT molecular complexity index is 382. The molecule has 0 saturated heterocycles. The standard InChI is InChI=1S/C11H10.2ClH.Os/c1-9-5-4-7-10-6-2-3-8-11(9)10;;;/h2-8H,1H3;2*1H;/q;;;+2/p-2. The number of benzene rings is 2. The van der Waals surface area contributed by atoms with Crippen molar-refractivity contribution in [1.82, 2.24) is 0 Å². The van der Waals surface area contributed by atoms with E-state index in [1.165, 1.54) is 16.3 Å². The second-order valence-corrected chi connectivity index (χ2v) is 2.80. The van der Waals surface area contributed by atoms with Gasteiger partial charge in [0.25, 0.3) is 0 Å². The molecular formula is C11H10Cl2Os. The zero-order chi connectivity index (χ0) is 7.68. The molecule has 0 atom stereocenters. The van der Waals surface area contributed by atoms with Crippen LogP contribution in [0.4, 0.5) is 0 Å². The summed E-state index contributed by atoms with van der Waals surface area (Å²) in [5, 5.41) is 2.68. The van der Waals surface area contributed by atoms with E-state index in [2.05, 4.69) is 49.4 Å². The SMILES string of the molecule is Cc1cccc2ccccc12.[Cl-].[Cl-].[Os+2]. The third kappa shape index (κ3) is 3.25. The molecule has 2 aromatic carbocycles. The van der Waals surface area contributed by atoms with E-state index < -0.39 is 0 Å². The number of aryl methyl sites for hydroxylation is 1. The summed E-state index contributed by atoms with van der Waals surface area (Å²) in [4.78, 5) is 0. The fraction of sp³-hybridized carbons (Fsp3) is 0.0909. The number of halogens is 2. The fourth-order valence-corrected chi connectivity index (χ4v) is 1.39. The van der Waals surface area contributed by atoms with Crippen LogP contribution in [-0.4, -0.2) is 0 Å². The molecule has 0 saturated carbocycles. The van der Waals surface area contributed by atoms with Crippen molar-refractivity contribution in [2.45, 2.75) is 6.92 Å². The second-order valence-electron chi connectivity index (χ2n) is 2.80. The van der Waals surface area contributed by atoms with Gasteiger partial charge in [-0.05, 0) is 23.3 Å². The number of fused-ring (bicyclic) bond motifs is 1. The summed E-state index contributed by atoms with van der Waals surface area (Å²) in [6, 6.07) is 14.8. The first-order valence-electron chi connectivity index (χ1n) is 3.82. The average Bonchev–Trinajstić information content (AvgIpc) is 2.06. The Morgan fingerprint density at radius 1 is 0.786 bits per heavy atom. The summed E-state index contributed by atoms with van der Waals surface area (Å²) >= 11 is 0. The van der Waals surface area contributed by atoms with E-state index >= 15 is 0 Å². The normalized spacial score (nSPS) is 8.07. The molecule has 2 aromatic rings. The minimum Gasteiger partial charge on any atom is -1.00 e.